The van der Waals surface area contributed by atoms with Crippen LogP contribution in [0.2, 0.25) is 5.02 Å². The fourth-order valence-corrected chi connectivity index (χ4v) is 4.94. The zero-order valence-corrected chi connectivity index (χ0v) is 22.0. The third-order valence-electron chi connectivity index (χ3n) is 6.81. The molecule has 1 aliphatic carbocycles. The zero-order chi connectivity index (χ0) is 28.5. The van der Waals surface area contributed by atoms with E-state index in [0.29, 0.717) is 18.8 Å². The van der Waals surface area contributed by atoms with Crippen molar-refractivity contribution < 1.29 is 41.7 Å². The third kappa shape index (κ3) is 7.15. The van der Waals surface area contributed by atoms with Gasteiger partial charge in [-0.05, 0) is 63.1 Å². The molecule has 3 rings (SSSR count). The van der Waals surface area contributed by atoms with E-state index in [-0.39, 0.29) is 40.6 Å². The molecule has 0 saturated heterocycles. The Hall–Kier alpha value is -2.44. The first-order chi connectivity index (χ1) is 17.5. The Morgan fingerprint density at radius 3 is 2.50 bits per heavy atom. The second-order valence-electron chi connectivity index (χ2n) is 10.1. The molecule has 0 spiro atoms. The summed E-state index contributed by atoms with van der Waals surface area (Å²) in [7, 11) is 0. The number of alkyl halides is 5. The van der Waals surface area contributed by atoms with Crippen LogP contribution < -0.4 is 10.1 Å². The first-order valence-corrected chi connectivity index (χ1v) is 12.6. The highest BCUT2D eigenvalue weighted by Crippen LogP contribution is 2.42. The van der Waals surface area contributed by atoms with Crippen molar-refractivity contribution in [3.05, 3.63) is 34.5 Å². The SMILES string of the molecule is CCn1nc(C(=O)NCC2(O)CCC(C)CC2)c(Cl)c1-c1ccc([C@](C)(O)CC(F)(F)F)cc1OC(F)F. The molecule has 3 N–H and O–H groups in total. The molecule has 1 heterocycles. The van der Waals surface area contributed by atoms with Crippen LogP contribution in [-0.4, -0.2) is 50.8 Å². The predicted molar refractivity (Wildman–Crippen MR) is 130 cm³/mol. The zero-order valence-electron chi connectivity index (χ0n) is 21.2. The predicted octanol–water partition coefficient (Wildman–Crippen LogP) is 5.66. The lowest BCUT2D eigenvalue weighted by Gasteiger charge is -2.34. The van der Waals surface area contributed by atoms with Crippen molar-refractivity contribution in [1.82, 2.24) is 15.1 Å². The number of amides is 1. The molecule has 0 aliphatic heterocycles. The molecular formula is C25H31ClF5N3O4. The maximum Gasteiger partial charge on any atom is 0.392 e. The molecule has 1 fully saturated rings. The number of aromatic nitrogens is 2. The molecule has 2 aromatic rings. The minimum absolute atomic E-state index is 0.0219. The Labute approximate surface area is 221 Å². The minimum atomic E-state index is -4.72. The first-order valence-electron chi connectivity index (χ1n) is 12.2. The van der Waals surface area contributed by atoms with Crippen molar-refractivity contribution in [2.75, 3.05) is 6.54 Å². The summed E-state index contributed by atoms with van der Waals surface area (Å²) in [6, 6.07) is 3.21. The first kappa shape index (κ1) is 30.1. The van der Waals surface area contributed by atoms with Crippen molar-refractivity contribution in [2.24, 2.45) is 5.92 Å². The van der Waals surface area contributed by atoms with Crippen molar-refractivity contribution in [1.29, 1.82) is 0 Å². The van der Waals surface area contributed by atoms with E-state index in [0.717, 1.165) is 31.9 Å². The van der Waals surface area contributed by atoms with Gasteiger partial charge in [0.15, 0.2) is 5.69 Å². The standard InChI is InChI=1S/C25H31ClF5N3O4/c1-4-34-20(18(26)19(33-34)21(35)32-13-24(37)9-7-14(2)8-10-24)16-6-5-15(11-17(16)38-22(27)28)23(3,36)12-25(29,30)31/h5-6,11,14,22,36-37H,4,7-10,12-13H2,1-3H3,(H,32,35)/t14?,23-,24?/m1/s1. The second kappa shape index (κ2) is 11.4. The lowest BCUT2D eigenvalue weighted by molar-refractivity contribution is -0.174. The minimum Gasteiger partial charge on any atom is -0.434 e. The van der Waals surface area contributed by atoms with Crippen LogP contribution in [0.3, 0.4) is 0 Å². The van der Waals surface area contributed by atoms with Gasteiger partial charge in [0.25, 0.3) is 5.91 Å². The largest absolute Gasteiger partial charge is 0.434 e. The highest BCUT2D eigenvalue weighted by Gasteiger charge is 2.40. The van der Waals surface area contributed by atoms with Gasteiger partial charge in [0.05, 0.1) is 28.3 Å². The van der Waals surface area contributed by atoms with Gasteiger partial charge in [0.1, 0.15) is 5.75 Å². The highest BCUT2D eigenvalue weighted by atomic mass is 35.5. The number of rotatable bonds is 9. The number of carbonyl (C=O) groups is 1. The van der Waals surface area contributed by atoms with Gasteiger partial charge >= 0.3 is 12.8 Å². The van der Waals surface area contributed by atoms with Crippen molar-refractivity contribution >= 4 is 17.5 Å². The van der Waals surface area contributed by atoms with Crippen LogP contribution in [-0.2, 0) is 12.1 Å². The van der Waals surface area contributed by atoms with Gasteiger partial charge in [-0.25, -0.2) is 0 Å². The molecule has 38 heavy (non-hydrogen) atoms. The number of carbonyl (C=O) groups excluding carboxylic acids is 1. The molecular weight excluding hydrogens is 537 g/mol. The summed E-state index contributed by atoms with van der Waals surface area (Å²) in [5.74, 6) is -0.748. The van der Waals surface area contributed by atoms with Gasteiger partial charge in [0, 0.05) is 18.7 Å². The summed E-state index contributed by atoms with van der Waals surface area (Å²) in [6.45, 7) is 1.46. The Balaban J connectivity index is 1.96. The van der Waals surface area contributed by atoms with Crippen LogP contribution in [0.4, 0.5) is 22.0 Å². The van der Waals surface area contributed by atoms with E-state index in [2.05, 4.69) is 22.1 Å². The van der Waals surface area contributed by atoms with Crippen LogP contribution in [0.25, 0.3) is 11.3 Å². The van der Waals surface area contributed by atoms with E-state index in [4.69, 9.17) is 11.6 Å². The van der Waals surface area contributed by atoms with Crippen molar-refractivity contribution in [3.63, 3.8) is 0 Å². The Morgan fingerprint density at radius 1 is 1.32 bits per heavy atom. The third-order valence-corrected chi connectivity index (χ3v) is 7.17. The number of aliphatic hydroxyl groups is 2. The maximum absolute atomic E-state index is 13.3. The quantitative estimate of drug-likeness (QED) is 0.340. The Bertz CT molecular complexity index is 1140. The number of hydrogen-bond acceptors (Lipinski definition) is 5. The monoisotopic (exact) mass is 567 g/mol. The molecule has 1 aliphatic rings. The van der Waals surface area contributed by atoms with Gasteiger partial charge in [-0.3, -0.25) is 9.48 Å². The average Bonchev–Trinajstić information content (AvgIpc) is 3.14. The lowest BCUT2D eigenvalue weighted by Crippen LogP contribution is -2.45. The maximum atomic E-state index is 13.3. The fraction of sp³-hybridized carbons (Fsp3) is 0.600. The van der Waals surface area contributed by atoms with E-state index < -0.39 is 42.1 Å². The Morgan fingerprint density at radius 2 is 1.95 bits per heavy atom. The summed E-state index contributed by atoms with van der Waals surface area (Å²) in [5, 5.41) is 27.8. The molecule has 212 valence electrons. The summed E-state index contributed by atoms with van der Waals surface area (Å²) in [4.78, 5) is 12.9. The average molecular weight is 568 g/mol. The van der Waals surface area contributed by atoms with Gasteiger partial charge in [-0.1, -0.05) is 24.6 Å². The molecule has 0 unspecified atom stereocenters. The summed E-state index contributed by atoms with van der Waals surface area (Å²) >= 11 is 6.49. The van der Waals surface area contributed by atoms with E-state index in [1.165, 1.54) is 10.7 Å². The smallest absolute Gasteiger partial charge is 0.392 e. The normalized spacial score (nSPS) is 21.8. The number of nitrogens with zero attached hydrogens (tertiary/aromatic N) is 2. The molecule has 7 nitrogen and oxygen atoms in total. The van der Waals surface area contributed by atoms with Gasteiger partial charge in [-0.15, -0.1) is 0 Å². The van der Waals surface area contributed by atoms with Crippen LogP contribution in [0.1, 0.15) is 68.9 Å². The topological polar surface area (TPSA) is 96.6 Å². The van der Waals surface area contributed by atoms with Crippen molar-refractivity contribution in [2.45, 2.75) is 83.4 Å². The molecule has 1 aromatic carbocycles. The number of hydrogen-bond donors (Lipinski definition) is 3. The van der Waals surface area contributed by atoms with E-state index >= 15 is 0 Å². The number of halogens is 6. The summed E-state index contributed by atoms with van der Waals surface area (Å²) < 4.78 is 71.2. The van der Waals surface area contributed by atoms with Gasteiger partial charge in [-0.2, -0.15) is 27.1 Å². The number of benzene rings is 1. The van der Waals surface area contributed by atoms with Gasteiger partial charge < -0.3 is 20.3 Å². The molecule has 1 atom stereocenters. The van der Waals surface area contributed by atoms with E-state index in [1.54, 1.807) is 6.92 Å². The Kier molecular flexibility index (Phi) is 8.99. The summed E-state index contributed by atoms with van der Waals surface area (Å²) in [5.41, 5.74) is -4.04. The molecule has 1 aromatic heterocycles. The second-order valence-corrected chi connectivity index (χ2v) is 10.4. The van der Waals surface area contributed by atoms with Crippen LogP contribution in [0.5, 0.6) is 5.75 Å². The van der Waals surface area contributed by atoms with Crippen LogP contribution in [0, 0.1) is 5.92 Å². The highest BCUT2D eigenvalue weighted by molar-refractivity contribution is 6.36. The molecule has 0 radical (unpaired) electrons. The molecule has 1 saturated carbocycles. The van der Waals surface area contributed by atoms with Gasteiger partial charge in [0.2, 0.25) is 0 Å². The molecule has 0 bridgehead atoms. The molecule has 1 amide bonds. The van der Waals surface area contributed by atoms with Crippen LogP contribution >= 0.6 is 11.6 Å². The number of nitrogens with one attached hydrogen (secondary N) is 1. The van der Waals surface area contributed by atoms with E-state index in [9.17, 15) is 37.0 Å². The lowest BCUT2D eigenvalue weighted by atomic mass is 9.79. The number of ether oxygens (including phenoxy) is 1. The molecule has 13 heteroatoms. The van der Waals surface area contributed by atoms with E-state index in [1.807, 2.05) is 0 Å². The number of aryl methyl sites for hydroxylation is 1. The van der Waals surface area contributed by atoms with Crippen molar-refractivity contribution in [3.8, 4) is 17.0 Å². The fourth-order valence-electron chi connectivity index (χ4n) is 4.61. The summed E-state index contributed by atoms with van der Waals surface area (Å²) in [6.07, 6.45) is -3.65. The van der Waals surface area contributed by atoms with Crippen LogP contribution in [0.15, 0.2) is 18.2 Å².